The summed E-state index contributed by atoms with van der Waals surface area (Å²) in [5, 5.41) is 3.05. The van der Waals surface area contributed by atoms with Gasteiger partial charge in [-0.25, -0.2) is 17.5 Å². The summed E-state index contributed by atoms with van der Waals surface area (Å²) in [5.41, 5.74) is 0.254. The molecule has 1 aromatic carbocycles. The first kappa shape index (κ1) is 15.7. The number of rotatable bonds is 3. The Morgan fingerprint density at radius 1 is 1.45 bits per heavy atom. The highest BCUT2D eigenvalue weighted by atomic mass is 35.5. The van der Waals surface area contributed by atoms with Gasteiger partial charge >= 0.3 is 0 Å². The summed E-state index contributed by atoms with van der Waals surface area (Å²) < 4.78 is 40.8. The van der Waals surface area contributed by atoms with Crippen LogP contribution in [0.2, 0.25) is 5.02 Å². The van der Waals surface area contributed by atoms with Crippen molar-refractivity contribution in [3.63, 3.8) is 0 Å². The second-order valence-corrected chi connectivity index (χ2v) is 7.32. The molecule has 20 heavy (non-hydrogen) atoms. The first-order valence-electron chi connectivity index (χ1n) is 6.50. The Balaban J connectivity index is 2.28. The quantitative estimate of drug-likeness (QED) is 0.896. The van der Waals surface area contributed by atoms with Gasteiger partial charge in [-0.3, -0.25) is 0 Å². The van der Waals surface area contributed by atoms with E-state index in [9.17, 15) is 12.8 Å². The van der Waals surface area contributed by atoms with Crippen LogP contribution >= 0.6 is 11.6 Å². The van der Waals surface area contributed by atoms with E-state index in [-0.39, 0.29) is 27.4 Å². The number of nitrogens with one attached hydrogen (secondary N) is 2. The normalized spacial score (nSPS) is 23.8. The van der Waals surface area contributed by atoms with Gasteiger partial charge in [0.05, 0.1) is 5.02 Å². The SMILES string of the molecule is Cc1cc(S(=O)(=O)NC2CNCCC2C)c(Cl)cc1F. The average molecular weight is 321 g/mol. The van der Waals surface area contributed by atoms with Crippen molar-refractivity contribution >= 4 is 21.6 Å². The maximum Gasteiger partial charge on any atom is 0.242 e. The third-order valence-corrected chi connectivity index (χ3v) is 5.59. The number of aryl methyl sites for hydroxylation is 1. The van der Waals surface area contributed by atoms with Crippen LogP contribution in [-0.2, 0) is 10.0 Å². The van der Waals surface area contributed by atoms with Crippen LogP contribution in [0.25, 0.3) is 0 Å². The smallest absolute Gasteiger partial charge is 0.242 e. The first-order valence-corrected chi connectivity index (χ1v) is 8.36. The molecule has 1 saturated heterocycles. The van der Waals surface area contributed by atoms with Crippen LogP contribution in [0.4, 0.5) is 4.39 Å². The van der Waals surface area contributed by atoms with E-state index in [0.717, 1.165) is 19.0 Å². The summed E-state index contributed by atoms with van der Waals surface area (Å²) in [5.74, 6) is -0.270. The van der Waals surface area contributed by atoms with Gasteiger partial charge in [-0.05, 0) is 43.5 Å². The van der Waals surface area contributed by atoms with Crippen LogP contribution in [0.5, 0.6) is 0 Å². The summed E-state index contributed by atoms with van der Waals surface area (Å²) in [4.78, 5) is -0.0733. The Morgan fingerprint density at radius 2 is 2.15 bits per heavy atom. The van der Waals surface area contributed by atoms with E-state index in [2.05, 4.69) is 10.0 Å². The lowest BCUT2D eigenvalue weighted by Gasteiger charge is -2.30. The van der Waals surface area contributed by atoms with Gasteiger partial charge in [0.1, 0.15) is 10.7 Å². The lowest BCUT2D eigenvalue weighted by atomic mass is 9.96. The molecule has 0 amide bonds. The number of hydrogen-bond acceptors (Lipinski definition) is 3. The molecule has 1 heterocycles. The van der Waals surface area contributed by atoms with Crippen LogP contribution < -0.4 is 10.0 Å². The van der Waals surface area contributed by atoms with Crippen molar-refractivity contribution in [1.29, 1.82) is 0 Å². The van der Waals surface area contributed by atoms with Crippen LogP contribution in [0, 0.1) is 18.7 Å². The monoisotopic (exact) mass is 320 g/mol. The van der Waals surface area contributed by atoms with Crippen molar-refractivity contribution < 1.29 is 12.8 Å². The van der Waals surface area contributed by atoms with E-state index in [4.69, 9.17) is 11.6 Å². The van der Waals surface area contributed by atoms with Crippen molar-refractivity contribution in [2.24, 2.45) is 5.92 Å². The highest BCUT2D eigenvalue weighted by Gasteiger charge is 2.28. The Bertz CT molecular complexity index is 607. The number of piperidine rings is 1. The van der Waals surface area contributed by atoms with Gasteiger partial charge in [0, 0.05) is 12.6 Å². The fourth-order valence-corrected chi connectivity index (χ4v) is 4.19. The van der Waals surface area contributed by atoms with Gasteiger partial charge in [-0.2, -0.15) is 0 Å². The van der Waals surface area contributed by atoms with Crippen molar-refractivity contribution in [2.75, 3.05) is 13.1 Å². The van der Waals surface area contributed by atoms with Crippen LogP contribution in [0.1, 0.15) is 18.9 Å². The predicted octanol–water partition coefficient (Wildman–Crippen LogP) is 2.06. The second-order valence-electron chi connectivity index (χ2n) is 5.23. The van der Waals surface area contributed by atoms with Gasteiger partial charge in [-0.1, -0.05) is 18.5 Å². The molecule has 1 aliphatic rings. The average Bonchev–Trinajstić information content (AvgIpc) is 2.36. The molecule has 1 aliphatic heterocycles. The summed E-state index contributed by atoms with van der Waals surface area (Å²) in [6.45, 7) is 4.98. The molecule has 2 N–H and O–H groups in total. The molecule has 1 fully saturated rings. The number of sulfonamides is 1. The highest BCUT2D eigenvalue weighted by molar-refractivity contribution is 7.89. The minimum atomic E-state index is -3.75. The minimum Gasteiger partial charge on any atom is -0.315 e. The largest absolute Gasteiger partial charge is 0.315 e. The molecule has 2 rings (SSSR count). The summed E-state index contributed by atoms with van der Waals surface area (Å²) in [6, 6.07) is 2.12. The highest BCUT2D eigenvalue weighted by Crippen LogP contribution is 2.25. The molecule has 0 radical (unpaired) electrons. The molecule has 0 saturated carbocycles. The number of hydrogen-bond donors (Lipinski definition) is 2. The molecule has 112 valence electrons. The number of halogens is 2. The molecule has 0 aromatic heterocycles. The predicted molar refractivity (Wildman–Crippen MR) is 76.9 cm³/mol. The minimum absolute atomic E-state index is 0.0733. The van der Waals surface area contributed by atoms with E-state index in [1.807, 2.05) is 6.92 Å². The Morgan fingerprint density at radius 3 is 2.80 bits per heavy atom. The molecule has 7 heteroatoms. The molecule has 2 atom stereocenters. The molecule has 0 aliphatic carbocycles. The van der Waals surface area contributed by atoms with Crippen molar-refractivity contribution in [1.82, 2.24) is 10.0 Å². The summed E-state index contributed by atoms with van der Waals surface area (Å²) in [7, 11) is -3.75. The van der Waals surface area contributed by atoms with Gasteiger partial charge in [0.15, 0.2) is 0 Å². The molecule has 0 bridgehead atoms. The van der Waals surface area contributed by atoms with Gasteiger partial charge < -0.3 is 5.32 Å². The maximum absolute atomic E-state index is 13.4. The van der Waals surface area contributed by atoms with Crippen molar-refractivity contribution in [3.05, 3.63) is 28.5 Å². The summed E-state index contributed by atoms with van der Waals surface area (Å²) in [6.07, 6.45) is 0.906. The fourth-order valence-electron chi connectivity index (χ4n) is 2.25. The molecule has 2 unspecified atom stereocenters. The van der Waals surface area contributed by atoms with Crippen LogP contribution in [0.15, 0.2) is 17.0 Å². The number of benzene rings is 1. The maximum atomic E-state index is 13.4. The Kier molecular flexibility index (Phi) is 4.69. The van der Waals surface area contributed by atoms with E-state index >= 15 is 0 Å². The molecular formula is C13H18ClFN2O2S. The lowest BCUT2D eigenvalue weighted by Crippen LogP contribution is -2.50. The molecular weight excluding hydrogens is 303 g/mol. The summed E-state index contributed by atoms with van der Waals surface area (Å²) >= 11 is 5.87. The Labute approximate surface area is 123 Å². The molecule has 1 aromatic rings. The van der Waals surface area contributed by atoms with Crippen molar-refractivity contribution in [2.45, 2.75) is 31.2 Å². The third kappa shape index (κ3) is 3.31. The van der Waals surface area contributed by atoms with E-state index in [1.165, 1.54) is 13.0 Å². The van der Waals surface area contributed by atoms with Gasteiger partial charge in [0.2, 0.25) is 10.0 Å². The van der Waals surface area contributed by atoms with E-state index < -0.39 is 15.8 Å². The van der Waals surface area contributed by atoms with Gasteiger partial charge in [-0.15, -0.1) is 0 Å². The zero-order chi connectivity index (χ0) is 14.9. The Hall–Kier alpha value is -0.690. The first-order chi connectivity index (χ1) is 9.31. The standard InChI is InChI=1S/C13H18ClFN2O2S/c1-8-3-4-16-7-12(8)17-20(18,19)13-5-9(2)11(15)6-10(13)14/h5-6,8,12,16-17H,3-4,7H2,1-2H3. The molecule has 4 nitrogen and oxygen atoms in total. The lowest BCUT2D eigenvalue weighted by molar-refractivity contribution is 0.327. The van der Waals surface area contributed by atoms with Crippen molar-refractivity contribution in [3.8, 4) is 0 Å². The molecule has 0 spiro atoms. The van der Waals surface area contributed by atoms with Crippen LogP contribution in [-0.4, -0.2) is 27.5 Å². The fraction of sp³-hybridized carbons (Fsp3) is 0.538. The van der Waals surface area contributed by atoms with E-state index in [0.29, 0.717) is 6.54 Å². The third-order valence-electron chi connectivity index (χ3n) is 3.64. The van der Waals surface area contributed by atoms with E-state index in [1.54, 1.807) is 0 Å². The topological polar surface area (TPSA) is 58.2 Å². The van der Waals surface area contributed by atoms with Crippen LogP contribution in [0.3, 0.4) is 0 Å². The zero-order valence-electron chi connectivity index (χ0n) is 11.4. The second kappa shape index (κ2) is 5.97. The van der Waals surface area contributed by atoms with Gasteiger partial charge in [0.25, 0.3) is 0 Å². The zero-order valence-corrected chi connectivity index (χ0v) is 13.0.